The van der Waals surface area contributed by atoms with Crippen LogP contribution in [0, 0.1) is 23.2 Å². The first-order valence-electron chi connectivity index (χ1n) is 11.4. The minimum absolute atomic E-state index is 0.00304. The van der Waals surface area contributed by atoms with E-state index < -0.39 is 0 Å². The number of nitrogens with zero attached hydrogens (tertiary/aromatic N) is 3. The Kier molecular flexibility index (Phi) is 7.63. The first-order valence-corrected chi connectivity index (χ1v) is 12.3. The van der Waals surface area contributed by atoms with E-state index in [4.69, 9.17) is 4.74 Å². The number of hydrogen-bond donors (Lipinski definition) is 2. The summed E-state index contributed by atoms with van der Waals surface area (Å²) in [5, 5.41) is 15.6. The Labute approximate surface area is 193 Å². The van der Waals surface area contributed by atoms with Gasteiger partial charge in [-0.1, -0.05) is 12.2 Å². The van der Waals surface area contributed by atoms with Crippen molar-refractivity contribution in [3.8, 4) is 6.07 Å². The van der Waals surface area contributed by atoms with Crippen molar-refractivity contribution >= 4 is 23.8 Å². The first-order chi connectivity index (χ1) is 15.6. The van der Waals surface area contributed by atoms with Gasteiger partial charge >= 0.3 is 6.09 Å². The Bertz CT molecular complexity index is 849. The molecule has 4 aliphatic rings. The molecule has 2 N–H and O–H groups in total. The molecular formula is C23H31N5O3S. The number of rotatable bonds is 7. The van der Waals surface area contributed by atoms with E-state index in [1.807, 2.05) is 17.3 Å². The fraction of sp³-hybridized carbons (Fsp3) is 0.609. The van der Waals surface area contributed by atoms with Crippen molar-refractivity contribution in [1.82, 2.24) is 20.4 Å². The number of ether oxygens (including phenoxy) is 1. The molecule has 2 amide bonds. The van der Waals surface area contributed by atoms with Crippen molar-refractivity contribution in [3.63, 3.8) is 0 Å². The van der Waals surface area contributed by atoms with E-state index in [0.29, 0.717) is 45.0 Å². The average Bonchev–Trinajstić information content (AvgIpc) is 3.45. The molecule has 3 aliphatic heterocycles. The third-order valence-electron chi connectivity index (χ3n) is 6.39. The lowest BCUT2D eigenvalue weighted by Crippen LogP contribution is -2.38. The van der Waals surface area contributed by atoms with Gasteiger partial charge in [-0.15, -0.1) is 11.8 Å². The second kappa shape index (κ2) is 10.8. The standard InChI is InChI=1S/C23H31N5O3S/c24-14-19-18-8-10-28(23(30)31-13-12-27-11-9-25-16-27)15-20(18)32-22(19)26-21(29)7-6-17-4-2-1-3-5-17/h2,4,9,11,17,19,22,25H,1,3,5-8,10,12-13,15-16H2,(H,26,29). The van der Waals surface area contributed by atoms with Gasteiger partial charge in [-0.05, 0) is 43.6 Å². The summed E-state index contributed by atoms with van der Waals surface area (Å²) in [5.74, 6) is 0.158. The highest BCUT2D eigenvalue weighted by Crippen LogP contribution is 2.44. The molecule has 0 saturated heterocycles. The highest BCUT2D eigenvalue weighted by molar-refractivity contribution is 8.04. The molecule has 1 aliphatic carbocycles. The van der Waals surface area contributed by atoms with Crippen LogP contribution in [0.1, 0.15) is 38.5 Å². The van der Waals surface area contributed by atoms with E-state index in [0.717, 1.165) is 36.4 Å². The molecule has 0 radical (unpaired) electrons. The van der Waals surface area contributed by atoms with Crippen LogP contribution in [0.3, 0.4) is 0 Å². The molecule has 0 fully saturated rings. The third-order valence-corrected chi connectivity index (χ3v) is 7.71. The van der Waals surface area contributed by atoms with Crippen molar-refractivity contribution in [3.05, 3.63) is 35.0 Å². The lowest BCUT2D eigenvalue weighted by molar-refractivity contribution is -0.121. The van der Waals surface area contributed by atoms with Gasteiger partial charge < -0.3 is 25.2 Å². The summed E-state index contributed by atoms with van der Waals surface area (Å²) in [6, 6.07) is 2.38. The summed E-state index contributed by atoms with van der Waals surface area (Å²) < 4.78 is 5.44. The Hall–Kier alpha value is -2.60. The quantitative estimate of drug-likeness (QED) is 0.567. The van der Waals surface area contributed by atoms with Crippen LogP contribution in [0.25, 0.3) is 0 Å². The lowest BCUT2D eigenvalue weighted by Gasteiger charge is -2.28. The van der Waals surface area contributed by atoms with E-state index in [1.54, 1.807) is 4.90 Å². The van der Waals surface area contributed by atoms with Crippen molar-refractivity contribution in [2.24, 2.45) is 11.8 Å². The van der Waals surface area contributed by atoms with Gasteiger partial charge in [0.05, 0.1) is 37.1 Å². The van der Waals surface area contributed by atoms with Crippen molar-refractivity contribution in [1.29, 1.82) is 5.26 Å². The van der Waals surface area contributed by atoms with Crippen molar-refractivity contribution in [2.75, 3.05) is 32.9 Å². The number of carbonyl (C=O) groups is 2. The number of carbonyl (C=O) groups excluding carboxylic acids is 2. The molecule has 172 valence electrons. The van der Waals surface area contributed by atoms with E-state index in [1.165, 1.54) is 18.2 Å². The highest BCUT2D eigenvalue weighted by atomic mass is 32.2. The normalized spacial score (nSPS) is 26.5. The number of nitriles is 1. The van der Waals surface area contributed by atoms with Gasteiger partial charge in [-0.3, -0.25) is 4.79 Å². The second-order valence-corrected chi connectivity index (χ2v) is 9.83. The molecule has 0 saturated carbocycles. The fourth-order valence-corrected chi connectivity index (χ4v) is 6.02. The van der Waals surface area contributed by atoms with Crippen LogP contribution in [0.5, 0.6) is 0 Å². The molecule has 0 aromatic rings. The summed E-state index contributed by atoms with van der Waals surface area (Å²) in [6.45, 7) is 2.69. The van der Waals surface area contributed by atoms with Gasteiger partial charge in [0.15, 0.2) is 0 Å². The Balaban J connectivity index is 1.24. The van der Waals surface area contributed by atoms with Crippen molar-refractivity contribution in [2.45, 2.75) is 43.9 Å². The van der Waals surface area contributed by atoms with Crippen LogP contribution in [0.15, 0.2) is 35.0 Å². The minimum Gasteiger partial charge on any atom is -0.448 e. The molecule has 4 rings (SSSR count). The lowest BCUT2D eigenvalue weighted by atomic mass is 9.91. The predicted molar refractivity (Wildman–Crippen MR) is 123 cm³/mol. The van der Waals surface area contributed by atoms with Crippen LogP contribution in [0.2, 0.25) is 0 Å². The number of allylic oxidation sites excluding steroid dienone is 2. The van der Waals surface area contributed by atoms with Gasteiger partial charge in [0, 0.05) is 30.3 Å². The van der Waals surface area contributed by atoms with Gasteiger partial charge in [0.2, 0.25) is 5.91 Å². The monoisotopic (exact) mass is 457 g/mol. The maximum absolute atomic E-state index is 12.5. The zero-order valence-electron chi connectivity index (χ0n) is 18.3. The molecule has 3 unspecified atom stereocenters. The summed E-state index contributed by atoms with van der Waals surface area (Å²) in [4.78, 5) is 29.8. The van der Waals surface area contributed by atoms with Crippen LogP contribution < -0.4 is 10.6 Å². The largest absolute Gasteiger partial charge is 0.448 e. The molecular weight excluding hydrogens is 426 g/mol. The number of hydrogen-bond acceptors (Lipinski definition) is 7. The molecule has 9 heteroatoms. The van der Waals surface area contributed by atoms with E-state index in [9.17, 15) is 14.9 Å². The van der Waals surface area contributed by atoms with Gasteiger partial charge in [-0.2, -0.15) is 5.26 Å². The molecule has 0 spiro atoms. The van der Waals surface area contributed by atoms with Gasteiger partial charge in [0.1, 0.15) is 6.61 Å². The average molecular weight is 458 g/mol. The summed E-state index contributed by atoms with van der Waals surface area (Å²) in [7, 11) is 0. The zero-order valence-corrected chi connectivity index (χ0v) is 19.1. The Morgan fingerprint density at radius 1 is 1.41 bits per heavy atom. The molecule has 3 heterocycles. The first kappa shape index (κ1) is 22.6. The van der Waals surface area contributed by atoms with Crippen molar-refractivity contribution < 1.29 is 14.3 Å². The van der Waals surface area contributed by atoms with E-state index >= 15 is 0 Å². The maximum atomic E-state index is 12.5. The topological polar surface area (TPSA) is 97.7 Å². The SMILES string of the molecule is N#CC1C2=C(CN(C(=O)OCCN3C=CNC3)CC2)SC1NC(=O)CCC1C=CCCC1. The third kappa shape index (κ3) is 5.60. The summed E-state index contributed by atoms with van der Waals surface area (Å²) >= 11 is 1.52. The molecule has 0 aromatic carbocycles. The number of thioether (sulfide) groups is 1. The van der Waals surface area contributed by atoms with Gasteiger partial charge in [-0.25, -0.2) is 4.79 Å². The van der Waals surface area contributed by atoms with E-state index in [-0.39, 0.29) is 23.3 Å². The smallest absolute Gasteiger partial charge is 0.410 e. The number of amides is 2. The highest BCUT2D eigenvalue weighted by Gasteiger charge is 2.40. The Morgan fingerprint density at radius 2 is 2.31 bits per heavy atom. The molecule has 32 heavy (non-hydrogen) atoms. The summed E-state index contributed by atoms with van der Waals surface area (Å²) in [6.07, 6.45) is 13.4. The fourth-order valence-electron chi connectivity index (χ4n) is 4.56. The second-order valence-electron chi connectivity index (χ2n) is 8.60. The Morgan fingerprint density at radius 3 is 3.06 bits per heavy atom. The maximum Gasteiger partial charge on any atom is 0.410 e. The molecule has 3 atom stereocenters. The van der Waals surface area contributed by atoms with Crippen LogP contribution in [-0.2, 0) is 9.53 Å². The predicted octanol–water partition coefficient (Wildman–Crippen LogP) is 2.88. The molecule has 0 aromatic heterocycles. The molecule has 8 nitrogen and oxygen atoms in total. The van der Waals surface area contributed by atoms with Crippen LogP contribution in [0.4, 0.5) is 4.79 Å². The van der Waals surface area contributed by atoms with Gasteiger partial charge in [0.25, 0.3) is 0 Å². The van der Waals surface area contributed by atoms with Crippen LogP contribution in [-0.4, -0.2) is 60.1 Å². The molecule has 0 bridgehead atoms. The number of nitrogens with one attached hydrogen (secondary N) is 2. The van der Waals surface area contributed by atoms with Crippen LogP contribution >= 0.6 is 11.8 Å². The summed E-state index contributed by atoms with van der Waals surface area (Å²) in [5.41, 5.74) is 1.07. The zero-order chi connectivity index (χ0) is 22.3. The van der Waals surface area contributed by atoms with E-state index in [2.05, 4.69) is 28.9 Å². The minimum atomic E-state index is -0.332.